The lowest BCUT2D eigenvalue weighted by Crippen LogP contribution is -2.09. The number of aryl methyl sites for hydroxylation is 3. The SMILES string of the molecule is C=C.Cc1cccc(-c2cccc3c(C)nnc(C)c23)c1-n1c2ccccc2c2cc(N(c3ccccc3)c3ccccc3)ccc21. The van der Waals surface area contributed by atoms with Crippen LogP contribution in [0.2, 0.25) is 0 Å². The first kappa shape index (κ1) is 29.7. The molecule has 47 heavy (non-hydrogen) atoms. The molecule has 0 N–H and O–H groups in total. The van der Waals surface area contributed by atoms with Gasteiger partial charge < -0.3 is 9.47 Å². The molecule has 0 fully saturated rings. The van der Waals surface area contributed by atoms with Gasteiger partial charge in [-0.1, -0.05) is 91.0 Å². The molecule has 0 saturated carbocycles. The van der Waals surface area contributed by atoms with Crippen molar-refractivity contribution in [3.05, 3.63) is 170 Å². The van der Waals surface area contributed by atoms with Crippen LogP contribution in [0, 0.1) is 20.8 Å². The van der Waals surface area contributed by atoms with E-state index in [1.165, 1.54) is 44.2 Å². The minimum atomic E-state index is 0.937. The lowest BCUT2D eigenvalue weighted by atomic mass is 9.94. The van der Waals surface area contributed by atoms with Gasteiger partial charge in [-0.05, 0) is 80.4 Å². The Morgan fingerprint density at radius 2 is 1.06 bits per heavy atom. The minimum Gasteiger partial charge on any atom is -0.310 e. The first-order valence-electron chi connectivity index (χ1n) is 15.9. The lowest BCUT2D eigenvalue weighted by Gasteiger charge is -2.25. The summed E-state index contributed by atoms with van der Waals surface area (Å²) in [6.45, 7) is 12.3. The van der Waals surface area contributed by atoms with Crippen molar-refractivity contribution >= 4 is 49.6 Å². The number of para-hydroxylation sites is 4. The van der Waals surface area contributed by atoms with E-state index in [9.17, 15) is 0 Å². The van der Waals surface area contributed by atoms with Crippen LogP contribution < -0.4 is 4.90 Å². The Bertz CT molecular complexity index is 2330. The minimum absolute atomic E-state index is 0.937. The molecule has 6 aromatic carbocycles. The molecule has 0 aliphatic rings. The summed E-state index contributed by atoms with van der Waals surface area (Å²) in [7, 11) is 0. The van der Waals surface area contributed by atoms with Crippen LogP contribution in [0.15, 0.2) is 153 Å². The number of rotatable bonds is 5. The molecule has 0 amide bonds. The Kier molecular flexibility index (Phi) is 7.85. The van der Waals surface area contributed by atoms with Crippen molar-refractivity contribution in [1.29, 1.82) is 0 Å². The van der Waals surface area contributed by atoms with Gasteiger partial charge in [0.1, 0.15) is 0 Å². The average molecular weight is 609 g/mol. The number of hydrogen-bond donors (Lipinski definition) is 0. The van der Waals surface area contributed by atoms with Crippen LogP contribution in [0.4, 0.5) is 17.1 Å². The number of nitrogens with zero attached hydrogens (tertiary/aromatic N) is 4. The molecular formula is C43H36N4. The zero-order chi connectivity index (χ0) is 32.5. The van der Waals surface area contributed by atoms with E-state index in [0.717, 1.165) is 39.2 Å². The standard InChI is InChI=1S/C41H32N4.C2H4/c1-27-14-12-22-36(35-21-13-20-33-28(2)42-43-29(3)40(33)35)41(27)45-38-23-11-10-19-34(38)37-26-32(24-25-39(37)45)44(30-15-6-4-7-16-30)31-17-8-5-9-18-31;1-2/h4-26H,1-3H3;1-2H2. The third-order valence-electron chi connectivity index (χ3n) is 8.86. The quantitative estimate of drug-likeness (QED) is 0.182. The zero-order valence-corrected chi connectivity index (χ0v) is 27.0. The fourth-order valence-corrected chi connectivity index (χ4v) is 6.84. The van der Waals surface area contributed by atoms with Gasteiger partial charge in [0, 0.05) is 44.2 Å². The van der Waals surface area contributed by atoms with E-state index in [0.29, 0.717) is 0 Å². The molecule has 0 spiro atoms. The van der Waals surface area contributed by atoms with Crippen LogP contribution in [-0.4, -0.2) is 14.8 Å². The van der Waals surface area contributed by atoms with Gasteiger partial charge in [0.15, 0.2) is 0 Å². The topological polar surface area (TPSA) is 34.0 Å². The third-order valence-corrected chi connectivity index (χ3v) is 8.86. The fraction of sp³-hybridized carbons (Fsp3) is 0.0698. The molecule has 2 heterocycles. The van der Waals surface area contributed by atoms with E-state index in [4.69, 9.17) is 0 Å². The van der Waals surface area contributed by atoms with Crippen LogP contribution in [0.1, 0.15) is 17.0 Å². The summed E-state index contributed by atoms with van der Waals surface area (Å²) in [5.41, 5.74) is 12.3. The molecule has 0 atom stereocenters. The first-order valence-corrected chi connectivity index (χ1v) is 15.9. The molecule has 0 saturated heterocycles. The van der Waals surface area contributed by atoms with E-state index >= 15 is 0 Å². The average Bonchev–Trinajstić information content (AvgIpc) is 3.45. The van der Waals surface area contributed by atoms with Crippen LogP contribution >= 0.6 is 0 Å². The summed E-state index contributed by atoms with van der Waals surface area (Å²) < 4.78 is 2.45. The number of anilines is 3. The van der Waals surface area contributed by atoms with Crippen molar-refractivity contribution in [3.8, 4) is 16.8 Å². The predicted octanol–water partition coefficient (Wildman–Crippen LogP) is 11.6. The summed E-state index contributed by atoms with van der Waals surface area (Å²) >= 11 is 0. The molecule has 8 aromatic rings. The van der Waals surface area contributed by atoms with Gasteiger partial charge in [-0.15, -0.1) is 13.2 Å². The third kappa shape index (κ3) is 5.04. The Balaban J connectivity index is 0.00000172. The monoisotopic (exact) mass is 608 g/mol. The van der Waals surface area contributed by atoms with E-state index in [1.807, 2.05) is 6.92 Å². The molecule has 0 aliphatic carbocycles. The summed E-state index contributed by atoms with van der Waals surface area (Å²) in [5, 5.41) is 13.7. The second kappa shape index (κ2) is 12.4. The highest BCUT2D eigenvalue weighted by atomic mass is 15.1. The molecule has 228 valence electrons. The van der Waals surface area contributed by atoms with E-state index in [1.54, 1.807) is 0 Å². The van der Waals surface area contributed by atoms with Gasteiger partial charge in [0.2, 0.25) is 0 Å². The molecule has 0 aliphatic heterocycles. The Morgan fingerprint density at radius 3 is 1.79 bits per heavy atom. The molecule has 2 aromatic heterocycles. The lowest BCUT2D eigenvalue weighted by molar-refractivity contribution is 0.964. The summed E-state index contributed by atoms with van der Waals surface area (Å²) in [6.07, 6.45) is 0. The second-order valence-corrected chi connectivity index (χ2v) is 11.6. The first-order chi connectivity index (χ1) is 23.1. The van der Waals surface area contributed by atoms with Crippen LogP contribution in [0.3, 0.4) is 0 Å². The van der Waals surface area contributed by atoms with Crippen molar-refractivity contribution in [2.24, 2.45) is 0 Å². The predicted molar refractivity (Wildman–Crippen MR) is 199 cm³/mol. The summed E-state index contributed by atoms with van der Waals surface area (Å²) in [5.74, 6) is 0. The maximum absolute atomic E-state index is 4.52. The molecule has 8 rings (SSSR count). The van der Waals surface area contributed by atoms with Crippen molar-refractivity contribution in [2.75, 3.05) is 4.90 Å². The number of fused-ring (bicyclic) bond motifs is 4. The van der Waals surface area contributed by atoms with E-state index in [2.05, 4.69) is 186 Å². The highest BCUT2D eigenvalue weighted by Gasteiger charge is 2.21. The zero-order valence-electron chi connectivity index (χ0n) is 27.0. The van der Waals surface area contributed by atoms with Gasteiger partial charge >= 0.3 is 0 Å². The second-order valence-electron chi connectivity index (χ2n) is 11.6. The van der Waals surface area contributed by atoms with Gasteiger partial charge in [0.05, 0.1) is 28.1 Å². The molecule has 4 nitrogen and oxygen atoms in total. The van der Waals surface area contributed by atoms with Crippen LogP contribution in [-0.2, 0) is 0 Å². The van der Waals surface area contributed by atoms with Gasteiger partial charge in [0.25, 0.3) is 0 Å². The van der Waals surface area contributed by atoms with E-state index < -0.39 is 0 Å². The van der Waals surface area contributed by atoms with Gasteiger partial charge in [-0.3, -0.25) is 0 Å². The Hall–Kier alpha value is -6.00. The Labute approximate surface area is 275 Å². The molecule has 0 bridgehead atoms. The smallest absolute Gasteiger partial charge is 0.0684 e. The molecule has 0 radical (unpaired) electrons. The maximum atomic E-state index is 4.52. The number of aromatic nitrogens is 3. The molecule has 4 heteroatoms. The Morgan fingerprint density at radius 1 is 0.489 bits per heavy atom. The van der Waals surface area contributed by atoms with E-state index in [-0.39, 0.29) is 0 Å². The largest absolute Gasteiger partial charge is 0.310 e. The van der Waals surface area contributed by atoms with Crippen LogP contribution in [0.5, 0.6) is 0 Å². The molecule has 0 unspecified atom stereocenters. The van der Waals surface area contributed by atoms with Gasteiger partial charge in [-0.25, -0.2) is 0 Å². The molecular weight excluding hydrogens is 573 g/mol. The summed E-state index contributed by atoms with van der Waals surface area (Å²) in [4.78, 5) is 2.33. The normalized spacial score (nSPS) is 11.0. The maximum Gasteiger partial charge on any atom is 0.0684 e. The number of hydrogen-bond acceptors (Lipinski definition) is 3. The van der Waals surface area contributed by atoms with Crippen molar-refractivity contribution in [1.82, 2.24) is 14.8 Å². The summed E-state index contributed by atoms with van der Waals surface area (Å²) in [6, 6.07) is 49.9. The van der Waals surface area contributed by atoms with Crippen molar-refractivity contribution < 1.29 is 0 Å². The fourth-order valence-electron chi connectivity index (χ4n) is 6.84. The van der Waals surface area contributed by atoms with Crippen molar-refractivity contribution in [3.63, 3.8) is 0 Å². The number of benzene rings is 6. The highest BCUT2D eigenvalue weighted by Crippen LogP contribution is 2.43. The van der Waals surface area contributed by atoms with Crippen LogP contribution in [0.25, 0.3) is 49.4 Å². The highest BCUT2D eigenvalue weighted by molar-refractivity contribution is 6.12. The van der Waals surface area contributed by atoms with Gasteiger partial charge in [-0.2, -0.15) is 10.2 Å². The van der Waals surface area contributed by atoms with Crippen molar-refractivity contribution in [2.45, 2.75) is 20.8 Å².